The molecule has 2 rings (SSSR count). The van der Waals surface area contributed by atoms with Gasteiger partial charge in [-0.25, -0.2) is 4.98 Å². The second kappa shape index (κ2) is 6.29. The van der Waals surface area contributed by atoms with Crippen molar-refractivity contribution in [2.45, 2.75) is 45.3 Å². The molecule has 0 unspecified atom stereocenters. The van der Waals surface area contributed by atoms with Gasteiger partial charge < -0.3 is 9.64 Å². The summed E-state index contributed by atoms with van der Waals surface area (Å²) in [6.07, 6.45) is 5.74. The summed E-state index contributed by atoms with van der Waals surface area (Å²) in [5.74, 6) is 0. The van der Waals surface area contributed by atoms with Crippen LogP contribution in [0.1, 0.15) is 48.0 Å². The van der Waals surface area contributed by atoms with Crippen LogP contribution in [0.25, 0.3) is 0 Å². The van der Waals surface area contributed by atoms with Gasteiger partial charge in [-0.1, -0.05) is 24.7 Å². The van der Waals surface area contributed by atoms with Crippen molar-refractivity contribution in [2.75, 3.05) is 18.6 Å². The lowest BCUT2D eigenvalue weighted by Crippen LogP contribution is -2.26. The molecule has 1 aromatic rings. The van der Waals surface area contributed by atoms with Crippen LogP contribution in [0.2, 0.25) is 0 Å². The second-order valence-corrected chi connectivity index (χ2v) is 5.65. The first-order valence-electron chi connectivity index (χ1n) is 6.50. The Morgan fingerprint density at radius 2 is 2.33 bits per heavy atom. The fraction of sp³-hybridized carbons (Fsp3) is 0.692. The fourth-order valence-electron chi connectivity index (χ4n) is 1.95. The summed E-state index contributed by atoms with van der Waals surface area (Å²) in [5.41, 5.74) is 0.773. The number of hydrogen-bond donors (Lipinski definition) is 0. The maximum absolute atomic E-state index is 11.0. The third kappa shape index (κ3) is 3.09. The fourth-order valence-corrected chi connectivity index (χ4v) is 2.94. The van der Waals surface area contributed by atoms with Crippen LogP contribution in [0.4, 0.5) is 5.13 Å². The molecule has 1 aliphatic carbocycles. The Morgan fingerprint density at radius 3 is 2.89 bits per heavy atom. The molecule has 0 saturated heterocycles. The van der Waals surface area contributed by atoms with Gasteiger partial charge in [0.2, 0.25) is 0 Å². The Hall–Kier alpha value is -0.940. The molecule has 0 aliphatic heterocycles. The summed E-state index contributed by atoms with van der Waals surface area (Å²) in [4.78, 5) is 18.7. The normalized spacial score (nSPS) is 14.8. The highest BCUT2D eigenvalue weighted by Crippen LogP contribution is 2.35. The van der Waals surface area contributed by atoms with Crippen molar-refractivity contribution in [3.05, 3.63) is 10.6 Å². The van der Waals surface area contributed by atoms with Gasteiger partial charge in [-0.15, -0.1) is 0 Å². The van der Waals surface area contributed by atoms with Gasteiger partial charge in [-0.05, 0) is 19.3 Å². The summed E-state index contributed by atoms with van der Waals surface area (Å²) in [7, 11) is 1.63. The van der Waals surface area contributed by atoms with Gasteiger partial charge >= 0.3 is 0 Å². The van der Waals surface area contributed by atoms with Crippen LogP contribution in [0, 0.1) is 0 Å². The van der Waals surface area contributed by atoms with Crippen LogP contribution in [0.15, 0.2) is 0 Å². The summed E-state index contributed by atoms with van der Waals surface area (Å²) in [6.45, 7) is 3.65. The molecule has 1 fully saturated rings. The van der Waals surface area contributed by atoms with Crippen molar-refractivity contribution >= 4 is 22.8 Å². The van der Waals surface area contributed by atoms with Gasteiger partial charge in [0.15, 0.2) is 11.4 Å². The molecule has 0 atom stereocenters. The van der Waals surface area contributed by atoms with Gasteiger partial charge in [-0.2, -0.15) is 0 Å². The summed E-state index contributed by atoms with van der Waals surface area (Å²) >= 11 is 1.49. The van der Waals surface area contributed by atoms with E-state index in [9.17, 15) is 4.79 Å². The van der Waals surface area contributed by atoms with Gasteiger partial charge in [0.05, 0.1) is 17.2 Å². The number of aromatic nitrogens is 1. The summed E-state index contributed by atoms with van der Waals surface area (Å²) < 4.78 is 5.09. The number of ether oxygens (including phenoxy) is 1. The zero-order valence-corrected chi connectivity index (χ0v) is 11.8. The van der Waals surface area contributed by atoms with Crippen molar-refractivity contribution in [1.82, 2.24) is 4.98 Å². The molecule has 0 amide bonds. The van der Waals surface area contributed by atoms with E-state index in [1.54, 1.807) is 7.11 Å². The number of aldehydes is 1. The van der Waals surface area contributed by atoms with Crippen molar-refractivity contribution in [3.63, 3.8) is 0 Å². The molecule has 0 N–H and O–H groups in total. The van der Waals surface area contributed by atoms with Crippen LogP contribution in [0.3, 0.4) is 0 Å². The van der Waals surface area contributed by atoms with E-state index in [0.717, 1.165) is 23.7 Å². The van der Waals surface area contributed by atoms with E-state index in [-0.39, 0.29) is 0 Å². The molecule has 1 aromatic heterocycles. The zero-order valence-electron chi connectivity index (χ0n) is 11.0. The number of methoxy groups -OCH3 is 1. The lowest BCUT2D eigenvalue weighted by Gasteiger charge is -2.20. The van der Waals surface area contributed by atoms with Crippen molar-refractivity contribution in [3.8, 4) is 0 Å². The van der Waals surface area contributed by atoms with Crippen molar-refractivity contribution in [1.29, 1.82) is 0 Å². The summed E-state index contributed by atoms with van der Waals surface area (Å²) in [6, 6.07) is 0.637. The molecule has 1 heterocycles. The van der Waals surface area contributed by atoms with Crippen molar-refractivity contribution < 1.29 is 9.53 Å². The molecular formula is C13H20N2O2S. The highest BCUT2D eigenvalue weighted by molar-refractivity contribution is 7.17. The first-order valence-corrected chi connectivity index (χ1v) is 7.32. The molecule has 0 spiro atoms. The van der Waals surface area contributed by atoms with E-state index in [2.05, 4.69) is 16.8 Å². The van der Waals surface area contributed by atoms with E-state index in [1.807, 2.05) is 0 Å². The van der Waals surface area contributed by atoms with E-state index >= 15 is 0 Å². The van der Waals surface area contributed by atoms with Crippen LogP contribution < -0.4 is 4.90 Å². The van der Waals surface area contributed by atoms with E-state index in [1.165, 1.54) is 37.0 Å². The maximum atomic E-state index is 11.0. The number of carbonyl (C=O) groups excluding carboxylic acids is 1. The molecule has 4 nitrogen and oxygen atoms in total. The van der Waals surface area contributed by atoms with Gasteiger partial charge in [0, 0.05) is 19.7 Å². The van der Waals surface area contributed by atoms with E-state index < -0.39 is 0 Å². The average molecular weight is 268 g/mol. The van der Waals surface area contributed by atoms with Gasteiger partial charge in [0.25, 0.3) is 0 Å². The largest absolute Gasteiger partial charge is 0.378 e. The van der Waals surface area contributed by atoms with Gasteiger partial charge in [-0.3, -0.25) is 4.79 Å². The molecule has 0 radical (unpaired) electrons. The minimum Gasteiger partial charge on any atom is -0.378 e. The molecule has 5 heteroatoms. The number of hydrogen-bond acceptors (Lipinski definition) is 5. The number of anilines is 1. The Balaban J connectivity index is 2.15. The molecule has 1 aliphatic rings. The second-order valence-electron chi connectivity index (χ2n) is 4.64. The minimum atomic E-state index is 0.414. The minimum absolute atomic E-state index is 0.414. The molecule has 18 heavy (non-hydrogen) atoms. The molecule has 0 bridgehead atoms. The van der Waals surface area contributed by atoms with Crippen LogP contribution in [0.5, 0.6) is 0 Å². The highest BCUT2D eigenvalue weighted by Gasteiger charge is 2.31. The number of thiazole rings is 1. The molecule has 1 saturated carbocycles. The van der Waals surface area contributed by atoms with Crippen LogP contribution in [-0.2, 0) is 11.3 Å². The summed E-state index contributed by atoms with van der Waals surface area (Å²) in [5, 5.41) is 0.986. The SMILES string of the molecule is CCCCN(c1nc(COC)c(C=O)s1)C1CC1. The highest BCUT2D eigenvalue weighted by atomic mass is 32.1. The van der Waals surface area contributed by atoms with Crippen LogP contribution >= 0.6 is 11.3 Å². The third-order valence-corrected chi connectivity index (χ3v) is 4.15. The smallest absolute Gasteiger partial charge is 0.186 e. The Kier molecular flexibility index (Phi) is 4.72. The monoisotopic (exact) mass is 268 g/mol. The Labute approximate surface area is 112 Å². The molecular weight excluding hydrogens is 248 g/mol. The third-order valence-electron chi connectivity index (χ3n) is 3.09. The predicted octanol–water partition coefficient (Wildman–Crippen LogP) is 2.87. The lowest BCUT2D eigenvalue weighted by molar-refractivity contribution is 0.112. The first-order chi connectivity index (χ1) is 8.80. The molecule has 0 aromatic carbocycles. The Morgan fingerprint density at radius 1 is 1.56 bits per heavy atom. The van der Waals surface area contributed by atoms with E-state index in [0.29, 0.717) is 17.5 Å². The maximum Gasteiger partial charge on any atom is 0.186 e. The number of unbranched alkanes of at least 4 members (excludes halogenated alkanes) is 1. The van der Waals surface area contributed by atoms with Crippen LogP contribution in [-0.4, -0.2) is 31.0 Å². The zero-order chi connectivity index (χ0) is 13.0. The average Bonchev–Trinajstić information content (AvgIpc) is 3.12. The lowest BCUT2D eigenvalue weighted by atomic mass is 10.3. The number of rotatable bonds is 8. The van der Waals surface area contributed by atoms with Gasteiger partial charge in [0.1, 0.15) is 0 Å². The number of carbonyl (C=O) groups is 1. The van der Waals surface area contributed by atoms with Crippen molar-refractivity contribution in [2.24, 2.45) is 0 Å². The quantitative estimate of drug-likeness (QED) is 0.680. The number of nitrogens with zero attached hydrogens (tertiary/aromatic N) is 2. The Bertz CT molecular complexity index is 402. The standard InChI is InChI=1S/C13H20N2O2S/c1-3-4-7-15(10-5-6-10)13-14-11(9-17-2)12(8-16)18-13/h8,10H,3-7,9H2,1-2H3. The first kappa shape index (κ1) is 13.5. The predicted molar refractivity (Wildman–Crippen MR) is 73.5 cm³/mol. The van der Waals surface area contributed by atoms with E-state index in [4.69, 9.17) is 4.74 Å². The topological polar surface area (TPSA) is 42.4 Å². The molecule has 100 valence electrons.